The van der Waals surface area contributed by atoms with Crippen LogP contribution in [0.1, 0.15) is 11.3 Å². The highest BCUT2D eigenvalue weighted by Gasteiger charge is 2.05. The van der Waals surface area contributed by atoms with Crippen molar-refractivity contribution in [2.75, 3.05) is 7.11 Å². The molecule has 2 heterocycles. The predicted octanol–water partition coefficient (Wildman–Crippen LogP) is 2.24. The van der Waals surface area contributed by atoms with Crippen LogP contribution in [0.3, 0.4) is 0 Å². The smallest absolute Gasteiger partial charge is 0.272 e. The average Bonchev–Trinajstić information content (AvgIpc) is 2.98. The fourth-order valence-electron chi connectivity index (χ4n) is 1.87. The number of halogens is 1. The van der Waals surface area contributed by atoms with Gasteiger partial charge in [0.1, 0.15) is 12.2 Å². The van der Waals surface area contributed by atoms with Gasteiger partial charge < -0.3 is 0 Å². The summed E-state index contributed by atoms with van der Waals surface area (Å²) in [6.45, 7) is 0. The molecule has 0 saturated heterocycles. The monoisotopic (exact) mass is 312 g/mol. The van der Waals surface area contributed by atoms with Gasteiger partial charge in [-0.05, 0) is 29.8 Å². The lowest BCUT2D eigenvalue weighted by molar-refractivity contribution is 0.148. The second kappa shape index (κ2) is 6.75. The van der Waals surface area contributed by atoms with Crippen molar-refractivity contribution in [3.05, 3.63) is 53.6 Å². The van der Waals surface area contributed by atoms with Gasteiger partial charge in [-0.3, -0.25) is 10.3 Å². The van der Waals surface area contributed by atoms with Crippen LogP contribution >= 0.6 is 0 Å². The number of nitrogens with one attached hydrogen (secondary N) is 1. The first-order valence-corrected chi connectivity index (χ1v) is 6.73. The normalized spacial score (nSPS) is 11.7. The Bertz CT molecular complexity index is 856. The lowest BCUT2D eigenvalue weighted by atomic mass is 10.2. The molecule has 0 aliphatic carbocycles. The fourth-order valence-corrected chi connectivity index (χ4v) is 1.87. The zero-order valence-corrected chi connectivity index (χ0v) is 12.2. The minimum Gasteiger partial charge on any atom is -0.279 e. The van der Waals surface area contributed by atoms with Crippen LogP contribution in [0.4, 0.5) is 10.3 Å². The molecule has 7 nitrogen and oxygen atoms in total. The highest BCUT2D eigenvalue weighted by atomic mass is 19.1. The minimum atomic E-state index is -0.267. The number of rotatable bonds is 5. The van der Waals surface area contributed by atoms with E-state index in [2.05, 4.69) is 30.4 Å². The fraction of sp³-hybridized carbons (Fsp3) is 0.0667. The predicted molar refractivity (Wildman–Crippen MR) is 84.4 cm³/mol. The Morgan fingerprint density at radius 1 is 1.22 bits per heavy atom. The second-order valence-corrected chi connectivity index (χ2v) is 4.46. The van der Waals surface area contributed by atoms with Gasteiger partial charge in [0.15, 0.2) is 0 Å². The first-order valence-electron chi connectivity index (χ1n) is 6.73. The molecule has 0 atom stereocenters. The first kappa shape index (κ1) is 14.8. The summed E-state index contributed by atoms with van der Waals surface area (Å²) < 4.78 is 14.5. The van der Waals surface area contributed by atoms with Crippen LogP contribution in [0.25, 0.3) is 17.9 Å². The van der Waals surface area contributed by atoms with Gasteiger partial charge in [0, 0.05) is 6.20 Å². The molecular formula is C15H13FN6O. The van der Waals surface area contributed by atoms with Crippen LogP contribution in [0.2, 0.25) is 0 Å². The molecule has 3 rings (SSSR count). The molecule has 1 N–H and O–H groups in total. The van der Waals surface area contributed by atoms with E-state index in [-0.39, 0.29) is 11.8 Å². The van der Waals surface area contributed by atoms with Gasteiger partial charge in [-0.25, -0.2) is 9.37 Å². The third-order valence-corrected chi connectivity index (χ3v) is 2.93. The molecule has 3 aromatic rings. The average molecular weight is 312 g/mol. The zero-order valence-electron chi connectivity index (χ0n) is 12.2. The minimum absolute atomic E-state index is 0.254. The van der Waals surface area contributed by atoms with E-state index in [1.807, 2.05) is 12.2 Å². The molecule has 0 aliphatic rings. The Morgan fingerprint density at radius 3 is 2.83 bits per heavy atom. The van der Waals surface area contributed by atoms with Crippen molar-refractivity contribution < 1.29 is 9.23 Å². The summed E-state index contributed by atoms with van der Waals surface area (Å²) >= 11 is 0. The van der Waals surface area contributed by atoms with Gasteiger partial charge in [-0.1, -0.05) is 18.2 Å². The number of hydrogen-bond acceptors (Lipinski definition) is 5. The molecule has 0 fully saturated rings. The maximum absolute atomic E-state index is 12.9. The summed E-state index contributed by atoms with van der Waals surface area (Å²) in [5, 5.41) is 4.25. The quantitative estimate of drug-likeness (QED) is 0.444. The summed E-state index contributed by atoms with van der Waals surface area (Å²) in [6.07, 6.45) is 6.67. The van der Waals surface area contributed by atoms with Gasteiger partial charge >= 0.3 is 0 Å². The molecule has 2 aromatic heterocycles. The molecule has 116 valence electrons. The zero-order chi connectivity index (χ0) is 16.1. The van der Waals surface area contributed by atoms with Gasteiger partial charge in [0.25, 0.3) is 11.7 Å². The summed E-state index contributed by atoms with van der Waals surface area (Å²) in [7, 11) is 1.48. The SMILES string of the molecule is CON/C=N\c1nc2nccc(/C=C/c3ccc(F)cc3)n2n1. The van der Waals surface area contributed by atoms with Crippen molar-refractivity contribution in [3.63, 3.8) is 0 Å². The van der Waals surface area contributed by atoms with E-state index < -0.39 is 0 Å². The van der Waals surface area contributed by atoms with E-state index in [4.69, 9.17) is 0 Å². The van der Waals surface area contributed by atoms with Crippen molar-refractivity contribution in [3.8, 4) is 0 Å². The third-order valence-electron chi connectivity index (χ3n) is 2.93. The molecule has 0 bridgehead atoms. The van der Waals surface area contributed by atoms with Gasteiger partial charge in [0.05, 0.1) is 12.8 Å². The van der Waals surface area contributed by atoms with E-state index in [9.17, 15) is 4.39 Å². The summed E-state index contributed by atoms with van der Waals surface area (Å²) in [5.41, 5.74) is 4.11. The molecule has 0 saturated carbocycles. The lowest BCUT2D eigenvalue weighted by Crippen LogP contribution is -2.07. The van der Waals surface area contributed by atoms with Gasteiger partial charge in [-0.2, -0.15) is 14.5 Å². The maximum atomic E-state index is 12.9. The van der Waals surface area contributed by atoms with Crippen LogP contribution in [-0.2, 0) is 4.84 Å². The van der Waals surface area contributed by atoms with Crippen LogP contribution in [-0.4, -0.2) is 33.0 Å². The molecule has 8 heteroatoms. The highest BCUT2D eigenvalue weighted by molar-refractivity contribution is 5.68. The topological polar surface area (TPSA) is 76.7 Å². The van der Waals surface area contributed by atoms with Crippen molar-refractivity contribution in [2.45, 2.75) is 0 Å². The van der Waals surface area contributed by atoms with Crippen LogP contribution in [0, 0.1) is 5.82 Å². The second-order valence-electron chi connectivity index (χ2n) is 4.46. The largest absolute Gasteiger partial charge is 0.279 e. The van der Waals surface area contributed by atoms with E-state index in [1.165, 1.54) is 25.6 Å². The molecule has 0 unspecified atom stereocenters. The van der Waals surface area contributed by atoms with E-state index in [0.717, 1.165) is 11.3 Å². The Labute approximate surface area is 131 Å². The Morgan fingerprint density at radius 2 is 2.04 bits per heavy atom. The molecule has 0 spiro atoms. The van der Waals surface area contributed by atoms with Crippen molar-refractivity contribution >= 4 is 30.2 Å². The van der Waals surface area contributed by atoms with E-state index >= 15 is 0 Å². The van der Waals surface area contributed by atoms with E-state index in [0.29, 0.717) is 5.78 Å². The summed E-state index contributed by atoms with van der Waals surface area (Å²) in [4.78, 5) is 16.9. The van der Waals surface area contributed by atoms with Crippen LogP contribution < -0.4 is 5.48 Å². The van der Waals surface area contributed by atoms with Crippen molar-refractivity contribution in [1.29, 1.82) is 0 Å². The first-order chi connectivity index (χ1) is 11.3. The molecule has 23 heavy (non-hydrogen) atoms. The number of hydrogen-bond donors (Lipinski definition) is 1. The number of fused-ring (bicyclic) bond motifs is 1. The maximum Gasteiger partial charge on any atom is 0.272 e. The highest BCUT2D eigenvalue weighted by Crippen LogP contribution is 2.12. The lowest BCUT2D eigenvalue weighted by Gasteiger charge is -1.97. The van der Waals surface area contributed by atoms with Gasteiger partial charge in [-0.15, -0.1) is 5.10 Å². The van der Waals surface area contributed by atoms with Crippen LogP contribution in [0.15, 0.2) is 41.5 Å². The Kier molecular flexibility index (Phi) is 4.34. The standard InChI is InChI=1S/C15H13FN6O/c1-23-19-10-18-14-20-15-17-9-8-13(22(15)21-14)7-4-11-2-5-12(16)6-3-11/h2-10H,1H3,(H,18,19,21)/b7-4+. The summed E-state index contributed by atoms with van der Waals surface area (Å²) in [6, 6.07) is 8.00. The number of aliphatic imine (C=N–C) groups is 1. The number of hydroxylamine groups is 1. The number of benzene rings is 1. The third kappa shape index (κ3) is 3.55. The Hall–Kier alpha value is -3.13. The molecular weight excluding hydrogens is 299 g/mol. The Balaban J connectivity index is 1.89. The molecule has 0 aliphatic heterocycles. The molecule has 1 aromatic carbocycles. The van der Waals surface area contributed by atoms with Crippen molar-refractivity contribution in [2.24, 2.45) is 4.99 Å². The molecule has 0 radical (unpaired) electrons. The van der Waals surface area contributed by atoms with Crippen LogP contribution in [0.5, 0.6) is 0 Å². The number of aromatic nitrogens is 4. The van der Waals surface area contributed by atoms with Gasteiger partial charge in [0.2, 0.25) is 0 Å². The molecule has 0 amide bonds. The van der Waals surface area contributed by atoms with Crippen molar-refractivity contribution in [1.82, 2.24) is 25.1 Å². The van der Waals surface area contributed by atoms with E-state index in [1.54, 1.807) is 28.9 Å². The number of nitrogens with zero attached hydrogens (tertiary/aromatic N) is 5. The summed E-state index contributed by atoms with van der Waals surface area (Å²) in [5.74, 6) is 0.414.